The van der Waals surface area contributed by atoms with Gasteiger partial charge in [-0.1, -0.05) is 13.0 Å². The van der Waals surface area contributed by atoms with Crippen LogP contribution in [0.1, 0.15) is 27.8 Å². The van der Waals surface area contributed by atoms with Crippen molar-refractivity contribution >= 4 is 33.4 Å². The van der Waals surface area contributed by atoms with E-state index in [-0.39, 0.29) is 23.5 Å². The van der Waals surface area contributed by atoms with Crippen molar-refractivity contribution in [1.29, 1.82) is 0 Å². The molecule has 2 aromatic rings. The first-order chi connectivity index (χ1) is 11.0. The highest BCUT2D eigenvalue weighted by molar-refractivity contribution is 9.10. The summed E-state index contributed by atoms with van der Waals surface area (Å²) in [5.41, 5.74) is 6.50. The largest absolute Gasteiger partial charge is 0.444 e. The number of amides is 2. The number of nitrogens with two attached hydrogens (primary N) is 1. The van der Waals surface area contributed by atoms with Crippen molar-refractivity contribution in [2.45, 2.75) is 6.92 Å². The maximum Gasteiger partial charge on any atom is 0.291 e. The third kappa shape index (κ3) is 4.94. The number of carbonyl (C=O) groups is 2. The average molecular weight is 380 g/mol. The van der Waals surface area contributed by atoms with Crippen molar-refractivity contribution in [3.05, 3.63) is 52.4 Å². The van der Waals surface area contributed by atoms with E-state index in [2.05, 4.69) is 26.6 Å². The summed E-state index contributed by atoms with van der Waals surface area (Å²) in [6, 6.07) is 9.89. The standard InChI is InChI=1S/C16H18BrN3O3/c1-10(8-18)9-19-15(21)11-3-2-4-12(7-11)20-16(22)13-5-6-14(17)23-13/h2-7,10H,8-9,18H2,1H3,(H,19,21)(H,20,22). The third-order valence-electron chi connectivity index (χ3n) is 3.19. The van der Waals surface area contributed by atoms with Crippen molar-refractivity contribution in [2.75, 3.05) is 18.4 Å². The van der Waals surface area contributed by atoms with E-state index < -0.39 is 0 Å². The molecule has 1 aromatic carbocycles. The number of benzene rings is 1. The second-order valence-electron chi connectivity index (χ2n) is 5.19. The predicted molar refractivity (Wildman–Crippen MR) is 91.4 cm³/mol. The molecular formula is C16H18BrN3O3. The topological polar surface area (TPSA) is 97.4 Å². The Bertz CT molecular complexity index is 699. The van der Waals surface area contributed by atoms with Crippen LogP contribution in [0.4, 0.5) is 5.69 Å². The van der Waals surface area contributed by atoms with Gasteiger partial charge in [-0.25, -0.2) is 0 Å². The number of hydrogen-bond donors (Lipinski definition) is 3. The summed E-state index contributed by atoms with van der Waals surface area (Å²) in [7, 11) is 0. The molecule has 0 fully saturated rings. The highest BCUT2D eigenvalue weighted by Gasteiger charge is 2.12. The minimum atomic E-state index is -0.384. The van der Waals surface area contributed by atoms with E-state index in [1.165, 1.54) is 0 Å². The van der Waals surface area contributed by atoms with Gasteiger partial charge in [-0.15, -0.1) is 0 Å². The van der Waals surface area contributed by atoms with Gasteiger partial charge in [0.25, 0.3) is 11.8 Å². The molecule has 1 unspecified atom stereocenters. The van der Waals surface area contributed by atoms with Crippen molar-refractivity contribution in [3.63, 3.8) is 0 Å². The Morgan fingerprint density at radius 1 is 1.26 bits per heavy atom. The molecule has 7 heteroatoms. The molecule has 1 heterocycles. The number of anilines is 1. The van der Waals surface area contributed by atoms with Gasteiger partial charge in [0, 0.05) is 17.8 Å². The van der Waals surface area contributed by atoms with Crippen LogP contribution in [-0.4, -0.2) is 24.9 Å². The highest BCUT2D eigenvalue weighted by Crippen LogP contribution is 2.17. The van der Waals surface area contributed by atoms with Gasteiger partial charge < -0.3 is 20.8 Å². The lowest BCUT2D eigenvalue weighted by molar-refractivity contribution is 0.0946. The van der Waals surface area contributed by atoms with Gasteiger partial charge in [-0.05, 0) is 58.7 Å². The van der Waals surface area contributed by atoms with E-state index in [1.54, 1.807) is 36.4 Å². The Kier molecular flexibility index (Phi) is 5.95. The molecule has 0 saturated heterocycles. The zero-order valence-corrected chi connectivity index (χ0v) is 14.2. The molecule has 0 aliphatic heterocycles. The van der Waals surface area contributed by atoms with Gasteiger partial charge in [0.05, 0.1) is 0 Å². The van der Waals surface area contributed by atoms with Crippen LogP contribution in [0.3, 0.4) is 0 Å². The summed E-state index contributed by atoms with van der Waals surface area (Å²) in [4.78, 5) is 24.1. The SMILES string of the molecule is CC(CN)CNC(=O)c1cccc(NC(=O)c2ccc(Br)o2)c1. The van der Waals surface area contributed by atoms with Gasteiger partial charge >= 0.3 is 0 Å². The molecule has 0 aliphatic rings. The molecule has 4 N–H and O–H groups in total. The lowest BCUT2D eigenvalue weighted by Crippen LogP contribution is -2.31. The molecule has 0 aliphatic carbocycles. The minimum absolute atomic E-state index is 0.184. The zero-order chi connectivity index (χ0) is 16.8. The summed E-state index contributed by atoms with van der Waals surface area (Å²) in [5, 5.41) is 5.50. The Morgan fingerprint density at radius 3 is 2.70 bits per heavy atom. The molecule has 6 nitrogen and oxygen atoms in total. The van der Waals surface area contributed by atoms with Crippen molar-refractivity contribution in [1.82, 2.24) is 5.32 Å². The first-order valence-corrected chi connectivity index (χ1v) is 7.94. The van der Waals surface area contributed by atoms with Gasteiger partial charge in [0.1, 0.15) is 0 Å². The van der Waals surface area contributed by atoms with Crippen LogP contribution >= 0.6 is 15.9 Å². The van der Waals surface area contributed by atoms with Crippen molar-refractivity contribution in [2.24, 2.45) is 11.7 Å². The van der Waals surface area contributed by atoms with Gasteiger partial charge in [-0.3, -0.25) is 9.59 Å². The molecule has 122 valence electrons. The normalized spacial score (nSPS) is 11.8. The minimum Gasteiger partial charge on any atom is -0.444 e. The van der Waals surface area contributed by atoms with E-state index in [9.17, 15) is 9.59 Å². The van der Waals surface area contributed by atoms with Crippen molar-refractivity contribution < 1.29 is 14.0 Å². The first kappa shape index (κ1) is 17.2. The Morgan fingerprint density at radius 2 is 2.04 bits per heavy atom. The number of rotatable bonds is 6. The molecule has 23 heavy (non-hydrogen) atoms. The van der Waals surface area contributed by atoms with Crippen LogP contribution in [0, 0.1) is 5.92 Å². The predicted octanol–water partition coefficient (Wildman–Crippen LogP) is 2.62. The highest BCUT2D eigenvalue weighted by atomic mass is 79.9. The number of nitrogens with one attached hydrogen (secondary N) is 2. The maximum absolute atomic E-state index is 12.1. The number of hydrogen-bond acceptors (Lipinski definition) is 4. The first-order valence-electron chi connectivity index (χ1n) is 7.14. The molecule has 1 atom stereocenters. The number of carbonyl (C=O) groups excluding carboxylic acids is 2. The van der Waals surface area contributed by atoms with Crippen LogP contribution in [0.25, 0.3) is 0 Å². The fourth-order valence-corrected chi connectivity index (χ4v) is 2.13. The molecule has 0 radical (unpaired) electrons. The second-order valence-corrected chi connectivity index (χ2v) is 5.97. The van der Waals surface area contributed by atoms with Crippen LogP contribution in [0.5, 0.6) is 0 Å². The summed E-state index contributed by atoms with van der Waals surface area (Å²) in [6.45, 7) is 2.97. The quantitative estimate of drug-likeness (QED) is 0.718. The molecule has 2 amide bonds. The summed E-state index contributed by atoms with van der Waals surface area (Å²) < 4.78 is 5.66. The maximum atomic E-state index is 12.1. The number of furan rings is 1. The van der Waals surface area contributed by atoms with Crippen molar-refractivity contribution in [3.8, 4) is 0 Å². The third-order valence-corrected chi connectivity index (χ3v) is 3.62. The molecule has 0 saturated carbocycles. The van der Waals surface area contributed by atoms with E-state index in [4.69, 9.17) is 10.2 Å². The van der Waals surface area contributed by atoms with Crippen LogP contribution < -0.4 is 16.4 Å². The van der Waals surface area contributed by atoms with Gasteiger partial charge in [0.15, 0.2) is 10.4 Å². The monoisotopic (exact) mass is 379 g/mol. The lowest BCUT2D eigenvalue weighted by atomic mass is 10.1. The Hall–Kier alpha value is -2.12. The lowest BCUT2D eigenvalue weighted by Gasteiger charge is -2.11. The van der Waals surface area contributed by atoms with Gasteiger partial charge in [0.2, 0.25) is 0 Å². The summed E-state index contributed by atoms with van der Waals surface area (Å²) in [5.74, 6) is -0.199. The Balaban J connectivity index is 2.01. The fraction of sp³-hybridized carbons (Fsp3) is 0.250. The average Bonchev–Trinajstić information content (AvgIpc) is 2.99. The molecule has 0 spiro atoms. The van der Waals surface area contributed by atoms with Crippen LogP contribution in [-0.2, 0) is 0 Å². The Labute approximate surface area is 142 Å². The van der Waals surface area contributed by atoms with Crippen LogP contribution in [0.15, 0.2) is 45.5 Å². The smallest absolute Gasteiger partial charge is 0.291 e. The molecule has 0 bridgehead atoms. The van der Waals surface area contributed by atoms with E-state index in [1.807, 2.05) is 6.92 Å². The molecular weight excluding hydrogens is 362 g/mol. The zero-order valence-electron chi connectivity index (χ0n) is 12.6. The summed E-state index contributed by atoms with van der Waals surface area (Å²) in [6.07, 6.45) is 0. The molecule has 1 aromatic heterocycles. The number of halogens is 1. The summed E-state index contributed by atoms with van der Waals surface area (Å²) >= 11 is 3.14. The molecule has 2 rings (SSSR count). The second kappa shape index (κ2) is 7.94. The van der Waals surface area contributed by atoms with E-state index >= 15 is 0 Å². The van der Waals surface area contributed by atoms with Crippen LogP contribution in [0.2, 0.25) is 0 Å². The fourth-order valence-electron chi connectivity index (χ4n) is 1.82. The van der Waals surface area contributed by atoms with E-state index in [0.29, 0.717) is 29.0 Å². The van der Waals surface area contributed by atoms with Gasteiger partial charge in [-0.2, -0.15) is 0 Å². The van der Waals surface area contributed by atoms with E-state index in [0.717, 1.165) is 0 Å².